The molecule has 3 amide bonds. The predicted molar refractivity (Wildman–Crippen MR) is 142 cm³/mol. The Morgan fingerprint density at radius 3 is 2.49 bits per heavy atom. The largest absolute Gasteiger partial charge is 0.496 e. The average Bonchev–Trinajstić information content (AvgIpc) is 3.53. The molecule has 4 rings (SSSR count). The van der Waals surface area contributed by atoms with Crippen molar-refractivity contribution in [3.05, 3.63) is 64.7 Å². The van der Waals surface area contributed by atoms with Crippen molar-refractivity contribution >= 4 is 23.7 Å². The molecule has 39 heavy (non-hydrogen) atoms. The molecular formula is C29H35N3O7. The van der Waals surface area contributed by atoms with Crippen LogP contribution in [0, 0.1) is 13.8 Å². The predicted octanol–water partition coefficient (Wildman–Crippen LogP) is 2.40. The number of rotatable bonds is 9. The van der Waals surface area contributed by atoms with Gasteiger partial charge >= 0.3 is 5.97 Å². The zero-order valence-corrected chi connectivity index (χ0v) is 22.7. The lowest BCUT2D eigenvalue weighted by Gasteiger charge is -2.28. The van der Waals surface area contributed by atoms with E-state index in [4.69, 9.17) is 14.2 Å². The van der Waals surface area contributed by atoms with Crippen LogP contribution >= 0.6 is 0 Å². The molecule has 2 aliphatic heterocycles. The van der Waals surface area contributed by atoms with Gasteiger partial charge in [-0.25, -0.2) is 0 Å². The minimum atomic E-state index is -0.915. The zero-order chi connectivity index (χ0) is 28.1. The van der Waals surface area contributed by atoms with Gasteiger partial charge in [0.2, 0.25) is 18.1 Å². The van der Waals surface area contributed by atoms with E-state index in [-0.39, 0.29) is 30.7 Å². The van der Waals surface area contributed by atoms with E-state index in [1.807, 2.05) is 44.2 Å². The van der Waals surface area contributed by atoms with Gasteiger partial charge in [0.05, 0.1) is 20.1 Å². The molecule has 0 saturated carbocycles. The van der Waals surface area contributed by atoms with Crippen molar-refractivity contribution in [3.8, 4) is 5.75 Å². The summed E-state index contributed by atoms with van der Waals surface area (Å²) < 4.78 is 16.4. The van der Waals surface area contributed by atoms with E-state index in [1.165, 1.54) is 4.90 Å². The fourth-order valence-electron chi connectivity index (χ4n) is 5.13. The Morgan fingerprint density at radius 1 is 1.13 bits per heavy atom. The summed E-state index contributed by atoms with van der Waals surface area (Å²) in [6.45, 7) is 5.93. The number of cyclic esters (lactones) is 1. The van der Waals surface area contributed by atoms with Gasteiger partial charge in [-0.2, -0.15) is 0 Å². The number of carbonyl (C=O) groups is 4. The first-order valence-corrected chi connectivity index (χ1v) is 13.1. The molecule has 2 unspecified atom stereocenters. The summed E-state index contributed by atoms with van der Waals surface area (Å²) in [5.74, 6) is -0.859. The molecular weight excluding hydrogens is 502 g/mol. The Morgan fingerprint density at radius 2 is 1.82 bits per heavy atom. The van der Waals surface area contributed by atoms with Crippen molar-refractivity contribution in [2.24, 2.45) is 0 Å². The van der Waals surface area contributed by atoms with Crippen LogP contribution < -0.4 is 15.4 Å². The van der Waals surface area contributed by atoms with E-state index >= 15 is 0 Å². The fraction of sp³-hybridized carbons (Fsp3) is 0.448. The summed E-state index contributed by atoms with van der Waals surface area (Å²) in [6, 6.07) is 10.7. The van der Waals surface area contributed by atoms with Crippen LogP contribution in [0.1, 0.15) is 53.2 Å². The van der Waals surface area contributed by atoms with Gasteiger partial charge in [-0.05, 0) is 62.4 Å². The molecule has 4 atom stereocenters. The highest BCUT2D eigenvalue weighted by Crippen LogP contribution is 2.25. The first-order chi connectivity index (χ1) is 18.7. The van der Waals surface area contributed by atoms with Crippen LogP contribution in [0.5, 0.6) is 5.75 Å². The highest BCUT2D eigenvalue weighted by Gasteiger charge is 2.41. The number of likely N-dealkylation sites (tertiary alicyclic amines) is 1. The van der Waals surface area contributed by atoms with Crippen LogP contribution in [0.2, 0.25) is 0 Å². The number of nitrogens with zero attached hydrogens (tertiary/aromatic N) is 1. The van der Waals surface area contributed by atoms with Gasteiger partial charge in [0, 0.05) is 12.1 Å². The maximum absolute atomic E-state index is 13.3. The Kier molecular flexibility index (Phi) is 8.86. The van der Waals surface area contributed by atoms with Crippen molar-refractivity contribution in [1.29, 1.82) is 0 Å². The third-order valence-electron chi connectivity index (χ3n) is 7.03. The van der Waals surface area contributed by atoms with Crippen LogP contribution in [-0.4, -0.2) is 66.7 Å². The molecule has 0 bridgehead atoms. The number of amides is 3. The van der Waals surface area contributed by atoms with Gasteiger partial charge in [-0.3, -0.25) is 19.2 Å². The topological polar surface area (TPSA) is 123 Å². The Hall–Kier alpha value is -3.92. The van der Waals surface area contributed by atoms with E-state index in [9.17, 15) is 19.2 Å². The summed E-state index contributed by atoms with van der Waals surface area (Å²) in [6.07, 6.45) is 0.197. The molecule has 2 heterocycles. The van der Waals surface area contributed by atoms with Crippen LogP contribution in [0.3, 0.4) is 0 Å². The van der Waals surface area contributed by atoms with Crippen molar-refractivity contribution in [1.82, 2.24) is 15.5 Å². The van der Waals surface area contributed by atoms with E-state index in [0.717, 1.165) is 16.7 Å². The second-order valence-corrected chi connectivity index (χ2v) is 10.0. The smallest absolute Gasteiger partial charge is 0.310 e. The second-order valence-electron chi connectivity index (χ2n) is 10.0. The van der Waals surface area contributed by atoms with Gasteiger partial charge in [0.1, 0.15) is 23.9 Å². The number of methoxy groups -OCH3 is 1. The normalized spacial score (nSPS) is 21.3. The van der Waals surface area contributed by atoms with Crippen molar-refractivity contribution in [2.75, 3.05) is 13.7 Å². The number of esters is 1. The molecule has 2 aromatic carbocycles. The van der Waals surface area contributed by atoms with E-state index < -0.39 is 30.4 Å². The molecule has 10 nitrogen and oxygen atoms in total. The fourth-order valence-corrected chi connectivity index (χ4v) is 5.13. The summed E-state index contributed by atoms with van der Waals surface area (Å²) >= 11 is 0. The quantitative estimate of drug-likeness (QED) is 0.471. The molecule has 2 saturated heterocycles. The molecule has 2 aromatic rings. The third-order valence-corrected chi connectivity index (χ3v) is 7.03. The summed E-state index contributed by atoms with van der Waals surface area (Å²) in [5, 5.41) is 5.60. The first kappa shape index (κ1) is 28.1. The zero-order valence-electron chi connectivity index (χ0n) is 22.7. The van der Waals surface area contributed by atoms with Crippen molar-refractivity contribution in [3.63, 3.8) is 0 Å². The standard InChI is InChI=1S/C29H35N3O7/c1-17-13-21(14-18(2)25(17)37-4)26(34)30-19(3)28(36)32-12-8-11-23(32)27(35)31-22-15-24(33)39-29(22)38-16-20-9-6-5-7-10-20/h5-7,9-10,13-14,19,22-23,29H,8,11-12,15-16H2,1-4H3,(H,30,34)(H,31,35)/t19-,22?,23-,29?/m0/s1. The lowest BCUT2D eigenvalue weighted by atomic mass is 10.0. The van der Waals surface area contributed by atoms with Crippen molar-refractivity contribution in [2.45, 2.75) is 71.1 Å². The highest BCUT2D eigenvalue weighted by atomic mass is 16.7. The van der Waals surface area contributed by atoms with E-state index in [2.05, 4.69) is 10.6 Å². The van der Waals surface area contributed by atoms with Gasteiger partial charge in [-0.1, -0.05) is 30.3 Å². The SMILES string of the molecule is COc1c(C)cc(C(=O)N[C@@H](C)C(=O)N2CCC[C@H]2C(=O)NC2CC(=O)OC2OCc2ccccc2)cc1C. The van der Waals surface area contributed by atoms with Crippen LogP contribution in [0.15, 0.2) is 42.5 Å². The van der Waals surface area contributed by atoms with E-state index in [0.29, 0.717) is 30.7 Å². The monoisotopic (exact) mass is 537 g/mol. The maximum atomic E-state index is 13.3. The molecule has 0 spiro atoms. The van der Waals surface area contributed by atoms with Gasteiger partial charge in [0.25, 0.3) is 5.91 Å². The number of carbonyl (C=O) groups excluding carboxylic acids is 4. The number of hydrogen-bond donors (Lipinski definition) is 2. The molecule has 2 N–H and O–H groups in total. The lowest BCUT2D eigenvalue weighted by Crippen LogP contribution is -2.54. The summed E-state index contributed by atoms with van der Waals surface area (Å²) in [5.41, 5.74) is 2.97. The number of nitrogens with one attached hydrogen (secondary N) is 2. The Balaban J connectivity index is 1.36. The van der Waals surface area contributed by atoms with Crippen LogP contribution in [0.4, 0.5) is 0 Å². The minimum absolute atomic E-state index is 0.0149. The summed E-state index contributed by atoms with van der Waals surface area (Å²) in [7, 11) is 1.58. The lowest BCUT2D eigenvalue weighted by molar-refractivity contribution is -0.168. The molecule has 0 radical (unpaired) electrons. The Bertz CT molecular complexity index is 1210. The number of hydrogen-bond acceptors (Lipinski definition) is 7. The van der Waals surface area contributed by atoms with E-state index in [1.54, 1.807) is 26.2 Å². The minimum Gasteiger partial charge on any atom is -0.496 e. The molecule has 2 fully saturated rings. The van der Waals surface area contributed by atoms with Crippen LogP contribution in [0.25, 0.3) is 0 Å². The first-order valence-electron chi connectivity index (χ1n) is 13.1. The van der Waals surface area contributed by atoms with Crippen molar-refractivity contribution < 1.29 is 33.4 Å². The number of ether oxygens (including phenoxy) is 3. The molecule has 208 valence electrons. The average molecular weight is 538 g/mol. The van der Waals surface area contributed by atoms with Gasteiger partial charge in [0.15, 0.2) is 0 Å². The van der Waals surface area contributed by atoms with Gasteiger partial charge in [-0.15, -0.1) is 0 Å². The van der Waals surface area contributed by atoms with Gasteiger partial charge < -0.3 is 29.7 Å². The number of benzene rings is 2. The Labute approximate surface area is 228 Å². The second kappa shape index (κ2) is 12.3. The molecule has 2 aliphatic rings. The summed E-state index contributed by atoms with van der Waals surface area (Å²) in [4.78, 5) is 52.9. The molecule has 10 heteroatoms. The highest BCUT2D eigenvalue weighted by molar-refractivity contribution is 5.99. The van der Waals surface area contributed by atoms with Crippen LogP contribution in [-0.2, 0) is 30.5 Å². The maximum Gasteiger partial charge on any atom is 0.310 e. The number of aryl methyl sites for hydroxylation is 2. The molecule has 0 aliphatic carbocycles. The molecule has 0 aromatic heterocycles. The third kappa shape index (κ3) is 6.57.